The van der Waals surface area contributed by atoms with Crippen LogP contribution in [-0.4, -0.2) is 35.4 Å². The van der Waals surface area contributed by atoms with E-state index in [1.165, 1.54) is 6.92 Å². The van der Waals surface area contributed by atoms with Gasteiger partial charge in [-0.25, -0.2) is 4.79 Å². The summed E-state index contributed by atoms with van der Waals surface area (Å²) >= 11 is 0. The minimum absolute atomic E-state index is 0.0374. The first-order valence-corrected chi connectivity index (χ1v) is 8.11. The molecule has 0 unspecified atom stereocenters. The molecule has 0 radical (unpaired) electrons. The summed E-state index contributed by atoms with van der Waals surface area (Å²) in [6.07, 6.45) is 1.32. The number of ether oxygens (including phenoxy) is 1. The Labute approximate surface area is 142 Å². The van der Waals surface area contributed by atoms with Gasteiger partial charge in [0.1, 0.15) is 11.8 Å². The molecule has 0 aromatic heterocycles. The number of rotatable bonds is 10. The summed E-state index contributed by atoms with van der Waals surface area (Å²) in [4.78, 5) is 34.3. The quantitative estimate of drug-likeness (QED) is 0.506. The maximum atomic E-state index is 11.9. The number of Topliss-reactive ketones (excluding diaryl/α,β-unsaturated/α-hetero) is 1. The van der Waals surface area contributed by atoms with Crippen molar-refractivity contribution >= 4 is 17.7 Å². The summed E-state index contributed by atoms with van der Waals surface area (Å²) in [7, 11) is 0. The van der Waals surface area contributed by atoms with Crippen molar-refractivity contribution in [3.8, 4) is 5.75 Å². The lowest BCUT2D eigenvalue weighted by molar-refractivity contribution is -0.143. The molecule has 132 valence electrons. The van der Waals surface area contributed by atoms with Gasteiger partial charge in [0.2, 0.25) is 5.91 Å². The van der Waals surface area contributed by atoms with Gasteiger partial charge in [0.15, 0.2) is 5.78 Å². The zero-order valence-corrected chi connectivity index (χ0v) is 14.4. The first-order valence-electron chi connectivity index (χ1n) is 8.11. The molecule has 6 heteroatoms. The Morgan fingerprint density at radius 3 is 2.58 bits per heavy atom. The van der Waals surface area contributed by atoms with Crippen molar-refractivity contribution in [1.29, 1.82) is 0 Å². The van der Waals surface area contributed by atoms with Gasteiger partial charge in [-0.3, -0.25) is 9.59 Å². The number of amides is 1. The number of benzene rings is 1. The average Bonchev–Trinajstić information content (AvgIpc) is 2.55. The number of hydrogen-bond acceptors (Lipinski definition) is 4. The van der Waals surface area contributed by atoms with Crippen LogP contribution < -0.4 is 10.1 Å². The summed E-state index contributed by atoms with van der Waals surface area (Å²) in [6.45, 7) is 5.48. The van der Waals surface area contributed by atoms with Gasteiger partial charge in [0, 0.05) is 12.0 Å². The molecule has 1 aromatic rings. The lowest BCUT2D eigenvalue weighted by atomic mass is 9.99. The van der Waals surface area contributed by atoms with Crippen LogP contribution in [0.25, 0.3) is 0 Å². The molecule has 0 heterocycles. The molecule has 0 fully saturated rings. The number of carbonyl (C=O) groups is 3. The molecular weight excluding hydrogens is 310 g/mol. The highest BCUT2D eigenvalue weighted by Gasteiger charge is 2.24. The van der Waals surface area contributed by atoms with E-state index in [9.17, 15) is 14.4 Å². The smallest absolute Gasteiger partial charge is 0.326 e. The third kappa shape index (κ3) is 6.40. The van der Waals surface area contributed by atoms with E-state index in [1.807, 2.05) is 6.92 Å². The van der Waals surface area contributed by atoms with Crippen LogP contribution in [0.2, 0.25) is 0 Å². The number of nitrogens with one attached hydrogen (secondary N) is 1. The third-order valence-corrected chi connectivity index (χ3v) is 3.85. The second kappa shape index (κ2) is 9.70. The fourth-order valence-corrected chi connectivity index (χ4v) is 2.16. The standard InChI is InChI=1S/C18H25NO5/c1-4-12(2)17(18(22)23)19-16(21)9-6-10-24-15-8-5-7-14(11-15)13(3)20/h5,7-8,11-12,17H,4,6,9-10H2,1-3H3,(H,19,21)(H,22,23)/t12-,17-/m0/s1. The van der Waals surface area contributed by atoms with Gasteiger partial charge in [-0.2, -0.15) is 0 Å². The Kier molecular flexibility index (Phi) is 7.95. The van der Waals surface area contributed by atoms with E-state index in [2.05, 4.69) is 5.32 Å². The van der Waals surface area contributed by atoms with Crippen LogP contribution >= 0.6 is 0 Å². The fourth-order valence-electron chi connectivity index (χ4n) is 2.16. The van der Waals surface area contributed by atoms with E-state index >= 15 is 0 Å². The summed E-state index contributed by atoms with van der Waals surface area (Å²) in [5.41, 5.74) is 0.572. The van der Waals surface area contributed by atoms with Crippen LogP contribution in [0.1, 0.15) is 50.4 Å². The minimum Gasteiger partial charge on any atom is -0.494 e. The summed E-state index contributed by atoms with van der Waals surface area (Å²) in [5.74, 6) is -0.911. The van der Waals surface area contributed by atoms with Gasteiger partial charge < -0.3 is 15.2 Å². The van der Waals surface area contributed by atoms with Crippen molar-refractivity contribution in [2.75, 3.05) is 6.61 Å². The number of carbonyl (C=O) groups excluding carboxylic acids is 2. The van der Waals surface area contributed by atoms with Crippen LogP contribution in [0.15, 0.2) is 24.3 Å². The monoisotopic (exact) mass is 335 g/mol. The molecule has 2 N–H and O–H groups in total. The lowest BCUT2D eigenvalue weighted by Crippen LogP contribution is -2.45. The molecule has 1 aromatic carbocycles. The maximum absolute atomic E-state index is 11.9. The largest absolute Gasteiger partial charge is 0.494 e. The zero-order chi connectivity index (χ0) is 18.1. The van der Waals surface area contributed by atoms with E-state index in [-0.39, 0.29) is 24.0 Å². The normalized spacial score (nSPS) is 13.0. The Hall–Kier alpha value is -2.37. The lowest BCUT2D eigenvalue weighted by Gasteiger charge is -2.20. The third-order valence-electron chi connectivity index (χ3n) is 3.85. The molecular formula is C18H25NO5. The second-order valence-electron chi connectivity index (χ2n) is 5.80. The Bertz CT molecular complexity index is 585. The van der Waals surface area contributed by atoms with E-state index in [1.54, 1.807) is 31.2 Å². The number of ketones is 1. The van der Waals surface area contributed by atoms with Gasteiger partial charge in [-0.1, -0.05) is 32.4 Å². The molecule has 0 aliphatic heterocycles. The van der Waals surface area contributed by atoms with Crippen molar-refractivity contribution in [3.63, 3.8) is 0 Å². The molecule has 0 saturated carbocycles. The topological polar surface area (TPSA) is 92.7 Å². The van der Waals surface area contributed by atoms with Gasteiger partial charge in [0.05, 0.1) is 6.61 Å². The van der Waals surface area contributed by atoms with Crippen LogP contribution in [-0.2, 0) is 9.59 Å². The van der Waals surface area contributed by atoms with Crippen LogP contribution in [0.4, 0.5) is 0 Å². The first kappa shape index (κ1) is 19.7. The highest BCUT2D eigenvalue weighted by Crippen LogP contribution is 2.14. The highest BCUT2D eigenvalue weighted by atomic mass is 16.5. The minimum atomic E-state index is -1.02. The van der Waals surface area contributed by atoms with E-state index < -0.39 is 12.0 Å². The van der Waals surface area contributed by atoms with Crippen LogP contribution in [0, 0.1) is 5.92 Å². The SMILES string of the molecule is CC[C@H](C)[C@H](NC(=O)CCCOc1cccc(C(C)=O)c1)C(=O)O. The van der Waals surface area contributed by atoms with E-state index in [0.717, 1.165) is 0 Å². The average molecular weight is 335 g/mol. The fraction of sp³-hybridized carbons (Fsp3) is 0.500. The predicted molar refractivity (Wildman–Crippen MR) is 90.2 cm³/mol. The Morgan fingerprint density at radius 1 is 1.29 bits per heavy atom. The van der Waals surface area contributed by atoms with E-state index in [4.69, 9.17) is 9.84 Å². The summed E-state index contributed by atoms with van der Waals surface area (Å²) < 4.78 is 5.52. The number of hydrogen-bond donors (Lipinski definition) is 2. The molecule has 24 heavy (non-hydrogen) atoms. The molecule has 0 saturated heterocycles. The highest BCUT2D eigenvalue weighted by molar-refractivity contribution is 5.94. The molecule has 1 amide bonds. The number of carboxylic acids is 1. The van der Waals surface area contributed by atoms with Crippen molar-refractivity contribution < 1.29 is 24.2 Å². The van der Waals surface area contributed by atoms with Gasteiger partial charge in [-0.15, -0.1) is 0 Å². The van der Waals surface area contributed by atoms with Crippen molar-refractivity contribution in [1.82, 2.24) is 5.32 Å². The Morgan fingerprint density at radius 2 is 2.00 bits per heavy atom. The zero-order valence-electron chi connectivity index (χ0n) is 14.4. The van der Waals surface area contributed by atoms with Crippen molar-refractivity contribution in [2.45, 2.75) is 46.1 Å². The second-order valence-corrected chi connectivity index (χ2v) is 5.80. The van der Waals surface area contributed by atoms with Crippen molar-refractivity contribution in [2.24, 2.45) is 5.92 Å². The number of carboxylic acid groups (broad SMARTS) is 1. The molecule has 0 spiro atoms. The molecule has 2 atom stereocenters. The predicted octanol–water partition coefficient (Wildman–Crippen LogP) is 2.66. The van der Waals surface area contributed by atoms with Gasteiger partial charge in [0.25, 0.3) is 0 Å². The first-order chi connectivity index (χ1) is 11.3. The molecule has 6 nitrogen and oxygen atoms in total. The van der Waals surface area contributed by atoms with Gasteiger partial charge in [-0.05, 0) is 31.4 Å². The summed E-state index contributed by atoms with van der Waals surface area (Å²) in [5, 5.41) is 11.7. The Balaban J connectivity index is 2.39. The van der Waals surface area contributed by atoms with Crippen molar-refractivity contribution in [3.05, 3.63) is 29.8 Å². The molecule has 0 aliphatic carbocycles. The molecule has 0 bridgehead atoms. The molecule has 0 aliphatic rings. The number of aliphatic carboxylic acids is 1. The molecule has 1 rings (SSSR count). The van der Waals surface area contributed by atoms with Crippen LogP contribution in [0.3, 0.4) is 0 Å². The van der Waals surface area contributed by atoms with E-state index in [0.29, 0.717) is 30.8 Å². The maximum Gasteiger partial charge on any atom is 0.326 e. The summed E-state index contributed by atoms with van der Waals surface area (Å²) in [6, 6.07) is 5.99. The van der Waals surface area contributed by atoms with Gasteiger partial charge >= 0.3 is 5.97 Å². The van der Waals surface area contributed by atoms with Crippen LogP contribution in [0.5, 0.6) is 5.75 Å².